The molecular weight excluding hydrogens is 256 g/mol. The minimum atomic E-state index is -0.325. The van der Waals surface area contributed by atoms with Gasteiger partial charge in [0, 0.05) is 31.2 Å². The monoisotopic (exact) mass is 278 g/mol. The van der Waals surface area contributed by atoms with Crippen LogP contribution in [0.1, 0.15) is 51.4 Å². The maximum Gasteiger partial charge on any atom is 0.253 e. The van der Waals surface area contributed by atoms with Crippen LogP contribution >= 0.6 is 0 Å². The minimum Gasteiger partial charge on any atom is -0.353 e. The first kappa shape index (κ1) is 14.8. The van der Waals surface area contributed by atoms with E-state index >= 15 is 0 Å². The van der Waals surface area contributed by atoms with Crippen LogP contribution in [0.4, 0.5) is 0 Å². The fourth-order valence-corrected chi connectivity index (χ4v) is 2.77. The van der Waals surface area contributed by atoms with Crippen LogP contribution in [0.2, 0.25) is 0 Å². The molecule has 0 spiro atoms. The minimum absolute atomic E-state index is 0.0666. The quantitative estimate of drug-likeness (QED) is 0.793. The first-order valence-electron chi connectivity index (χ1n) is 7.50. The normalized spacial score (nSPS) is 20.9. The van der Waals surface area contributed by atoms with Crippen LogP contribution in [-0.4, -0.2) is 35.2 Å². The molecule has 1 N–H and O–H groups in total. The molecular formula is C15H22N2O3. The summed E-state index contributed by atoms with van der Waals surface area (Å²) in [5, 5.41) is 3.03. The summed E-state index contributed by atoms with van der Waals surface area (Å²) in [6.45, 7) is 0.170. The van der Waals surface area contributed by atoms with Crippen molar-refractivity contribution in [2.24, 2.45) is 0 Å². The molecule has 1 heterocycles. The number of imide groups is 1. The van der Waals surface area contributed by atoms with Crippen LogP contribution < -0.4 is 5.32 Å². The Balaban J connectivity index is 1.71. The van der Waals surface area contributed by atoms with Crippen molar-refractivity contribution in [2.75, 3.05) is 6.54 Å². The largest absolute Gasteiger partial charge is 0.353 e. The summed E-state index contributed by atoms with van der Waals surface area (Å²) in [5.41, 5.74) is 0. The molecule has 0 unspecified atom stereocenters. The van der Waals surface area contributed by atoms with Gasteiger partial charge < -0.3 is 5.32 Å². The molecule has 1 fully saturated rings. The maximum absolute atomic E-state index is 11.9. The van der Waals surface area contributed by atoms with E-state index < -0.39 is 0 Å². The SMILES string of the molecule is O=C(CCN1C(=O)C=CC1=O)NC1CCCCCCC1. The molecule has 0 radical (unpaired) electrons. The molecule has 0 bridgehead atoms. The zero-order chi connectivity index (χ0) is 14.4. The zero-order valence-corrected chi connectivity index (χ0v) is 11.8. The van der Waals surface area contributed by atoms with Crippen molar-refractivity contribution in [2.45, 2.75) is 57.4 Å². The lowest BCUT2D eigenvalue weighted by atomic mass is 9.96. The van der Waals surface area contributed by atoms with Crippen LogP contribution in [0.3, 0.4) is 0 Å². The molecule has 5 nitrogen and oxygen atoms in total. The molecule has 20 heavy (non-hydrogen) atoms. The lowest BCUT2D eigenvalue weighted by molar-refractivity contribution is -0.137. The average Bonchev–Trinajstić information content (AvgIpc) is 2.70. The van der Waals surface area contributed by atoms with Crippen LogP contribution in [0.5, 0.6) is 0 Å². The molecule has 2 aliphatic rings. The van der Waals surface area contributed by atoms with Crippen molar-refractivity contribution in [1.82, 2.24) is 10.2 Å². The third kappa shape index (κ3) is 4.18. The van der Waals surface area contributed by atoms with Gasteiger partial charge in [0.2, 0.25) is 5.91 Å². The van der Waals surface area contributed by atoms with Crippen molar-refractivity contribution in [1.29, 1.82) is 0 Å². The van der Waals surface area contributed by atoms with Crippen LogP contribution in [0.25, 0.3) is 0 Å². The fourth-order valence-electron chi connectivity index (χ4n) is 2.77. The molecule has 0 saturated heterocycles. The van der Waals surface area contributed by atoms with Gasteiger partial charge in [-0.2, -0.15) is 0 Å². The van der Waals surface area contributed by atoms with Gasteiger partial charge >= 0.3 is 0 Å². The summed E-state index contributed by atoms with van der Waals surface area (Å²) in [6.07, 6.45) is 10.9. The van der Waals surface area contributed by atoms with E-state index in [4.69, 9.17) is 0 Å². The predicted octanol–water partition coefficient (Wildman–Crippen LogP) is 1.53. The lowest BCUT2D eigenvalue weighted by Gasteiger charge is -2.21. The van der Waals surface area contributed by atoms with E-state index in [9.17, 15) is 14.4 Å². The number of hydrogen-bond acceptors (Lipinski definition) is 3. The van der Waals surface area contributed by atoms with Gasteiger partial charge in [-0.15, -0.1) is 0 Å². The number of rotatable bonds is 4. The Morgan fingerprint density at radius 1 is 1.05 bits per heavy atom. The molecule has 110 valence electrons. The van der Waals surface area contributed by atoms with Crippen LogP contribution in [0, 0.1) is 0 Å². The van der Waals surface area contributed by atoms with Gasteiger partial charge in [-0.25, -0.2) is 0 Å². The maximum atomic E-state index is 11.9. The van der Waals surface area contributed by atoms with Crippen LogP contribution in [-0.2, 0) is 14.4 Å². The summed E-state index contributed by atoms with van der Waals surface area (Å²) >= 11 is 0. The fraction of sp³-hybridized carbons (Fsp3) is 0.667. The third-order valence-electron chi connectivity index (χ3n) is 3.93. The van der Waals surface area contributed by atoms with E-state index in [1.807, 2.05) is 0 Å². The van der Waals surface area contributed by atoms with Crippen molar-refractivity contribution < 1.29 is 14.4 Å². The van der Waals surface area contributed by atoms with E-state index in [0.717, 1.165) is 30.6 Å². The summed E-state index contributed by atoms with van der Waals surface area (Å²) in [4.78, 5) is 35.7. The summed E-state index contributed by atoms with van der Waals surface area (Å²) in [7, 11) is 0. The van der Waals surface area contributed by atoms with Crippen molar-refractivity contribution in [3.8, 4) is 0 Å². The highest BCUT2D eigenvalue weighted by Crippen LogP contribution is 2.17. The van der Waals surface area contributed by atoms with Crippen molar-refractivity contribution in [3.05, 3.63) is 12.2 Å². The Morgan fingerprint density at radius 3 is 2.20 bits per heavy atom. The van der Waals surface area contributed by atoms with Gasteiger partial charge in [0.15, 0.2) is 0 Å². The molecule has 5 heteroatoms. The molecule has 3 amide bonds. The molecule has 1 saturated carbocycles. The second-order valence-electron chi connectivity index (χ2n) is 5.52. The van der Waals surface area contributed by atoms with E-state index in [1.54, 1.807) is 0 Å². The summed E-state index contributed by atoms with van der Waals surface area (Å²) in [6, 6.07) is 0.255. The number of hydrogen-bond donors (Lipinski definition) is 1. The van der Waals surface area contributed by atoms with Crippen LogP contribution in [0.15, 0.2) is 12.2 Å². The molecule has 2 rings (SSSR count). The number of nitrogens with one attached hydrogen (secondary N) is 1. The van der Waals surface area contributed by atoms with Gasteiger partial charge in [-0.3, -0.25) is 19.3 Å². The molecule has 0 aromatic rings. The average molecular weight is 278 g/mol. The Labute approximate surface area is 119 Å². The van der Waals surface area contributed by atoms with Gasteiger partial charge in [-0.1, -0.05) is 32.1 Å². The second-order valence-corrected chi connectivity index (χ2v) is 5.52. The van der Waals surface area contributed by atoms with Crippen molar-refractivity contribution >= 4 is 17.7 Å². The standard InChI is InChI=1S/C15H22N2O3/c18-13(10-11-17-14(19)8-9-15(17)20)16-12-6-4-2-1-3-5-7-12/h8-9,12H,1-7,10-11H2,(H,16,18). The highest BCUT2D eigenvalue weighted by Gasteiger charge is 2.24. The molecule has 0 aromatic carbocycles. The summed E-state index contributed by atoms with van der Waals surface area (Å²) in [5.74, 6) is -0.717. The number of carbonyl (C=O) groups excluding carboxylic acids is 3. The Hall–Kier alpha value is -1.65. The van der Waals surface area contributed by atoms with Gasteiger partial charge in [0.25, 0.3) is 11.8 Å². The van der Waals surface area contributed by atoms with E-state index in [0.29, 0.717) is 0 Å². The predicted molar refractivity (Wildman–Crippen MR) is 74.7 cm³/mol. The molecule has 0 atom stereocenters. The first-order valence-corrected chi connectivity index (χ1v) is 7.50. The topological polar surface area (TPSA) is 66.5 Å². The molecule has 1 aliphatic heterocycles. The Morgan fingerprint density at radius 2 is 1.60 bits per heavy atom. The lowest BCUT2D eigenvalue weighted by Crippen LogP contribution is -2.38. The third-order valence-corrected chi connectivity index (χ3v) is 3.93. The van der Waals surface area contributed by atoms with Gasteiger partial charge in [0.05, 0.1) is 0 Å². The van der Waals surface area contributed by atoms with Gasteiger partial charge in [-0.05, 0) is 12.8 Å². The number of nitrogens with zero attached hydrogens (tertiary/aromatic N) is 1. The highest BCUT2D eigenvalue weighted by molar-refractivity contribution is 6.13. The van der Waals surface area contributed by atoms with E-state index in [1.165, 1.54) is 31.4 Å². The molecule has 1 aliphatic carbocycles. The van der Waals surface area contributed by atoms with E-state index in [2.05, 4.69) is 5.32 Å². The number of carbonyl (C=O) groups is 3. The first-order chi connectivity index (χ1) is 9.66. The smallest absolute Gasteiger partial charge is 0.253 e. The zero-order valence-electron chi connectivity index (χ0n) is 11.8. The Kier molecular flexibility index (Phi) is 5.32. The van der Waals surface area contributed by atoms with Crippen molar-refractivity contribution in [3.63, 3.8) is 0 Å². The van der Waals surface area contributed by atoms with E-state index in [-0.39, 0.29) is 36.7 Å². The number of amides is 3. The molecule has 0 aromatic heterocycles. The second kappa shape index (κ2) is 7.22. The highest BCUT2D eigenvalue weighted by atomic mass is 16.2. The Bertz CT molecular complexity index is 391. The summed E-state index contributed by atoms with van der Waals surface area (Å²) < 4.78 is 0. The van der Waals surface area contributed by atoms with Gasteiger partial charge in [0.1, 0.15) is 0 Å².